The summed E-state index contributed by atoms with van der Waals surface area (Å²) in [4.78, 5) is 0. The second-order valence-electron chi connectivity index (χ2n) is 8.61. The molecule has 0 aromatic heterocycles. The average Bonchev–Trinajstić information content (AvgIpc) is 3.20. The van der Waals surface area contributed by atoms with E-state index in [-0.39, 0.29) is 24.8 Å². The summed E-state index contributed by atoms with van der Waals surface area (Å²) in [6.45, 7) is 13.4. The first kappa shape index (κ1) is 27.1. The van der Waals surface area contributed by atoms with Crippen LogP contribution >= 0.6 is 0 Å². The van der Waals surface area contributed by atoms with Crippen LogP contribution in [-0.4, -0.2) is 3.81 Å². The summed E-state index contributed by atoms with van der Waals surface area (Å²) >= 11 is 2.23. The van der Waals surface area contributed by atoms with Crippen LogP contribution < -0.4 is 24.8 Å². The van der Waals surface area contributed by atoms with E-state index in [9.17, 15) is 0 Å². The molecule has 0 nitrogen and oxygen atoms in total. The van der Waals surface area contributed by atoms with E-state index in [4.69, 9.17) is 0 Å². The Labute approximate surface area is 207 Å². The van der Waals surface area contributed by atoms with Gasteiger partial charge in [-0.1, -0.05) is 60.0 Å². The predicted molar refractivity (Wildman–Crippen MR) is 119 cm³/mol. The molecule has 0 saturated heterocycles. The van der Waals surface area contributed by atoms with E-state index < -0.39 is 0 Å². The van der Waals surface area contributed by atoms with E-state index in [1.807, 2.05) is 0 Å². The van der Waals surface area contributed by atoms with Crippen LogP contribution in [0.1, 0.15) is 58.2 Å². The molecule has 30 heavy (non-hydrogen) atoms. The number of fused-ring (bicyclic) bond motifs is 3. The Morgan fingerprint density at radius 1 is 0.967 bits per heavy atom. The largest absolute Gasteiger partial charge is 1.00 e. The Hall–Kier alpha value is -0.916. The van der Waals surface area contributed by atoms with Crippen molar-refractivity contribution in [2.45, 2.75) is 48.0 Å². The quantitative estimate of drug-likeness (QED) is 0.394. The van der Waals surface area contributed by atoms with Gasteiger partial charge in [0.1, 0.15) is 0 Å². The monoisotopic (exact) mass is 473 g/mol. The van der Waals surface area contributed by atoms with Crippen LogP contribution in [0.3, 0.4) is 0 Å². The maximum Gasteiger partial charge on any atom is -0.0195 e. The molecule has 2 aliphatic carbocycles. The normalized spacial score (nSPS) is 15.9. The van der Waals surface area contributed by atoms with Gasteiger partial charge in [-0.15, -0.1) is 34.9 Å². The molecule has 1 atom stereocenters. The number of allylic oxidation sites excluding steroid dienone is 4. The third-order valence-electron chi connectivity index (χ3n) is 5.75. The van der Waals surface area contributed by atoms with E-state index in [1.165, 1.54) is 39.0 Å². The van der Waals surface area contributed by atoms with Crippen molar-refractivity contribution in [2.24, 2.45) is 17.8 Å². The molecule has 0 spiro atoms. The van der Waals surface area contributed by atoms with Gasteiger partial charge in [0, 0.05) is 0 Å². The van der Waals surface area contributed by atoms with Crippen LogP contribution in [0, 0.1) is 23.8 Å². The molecule has 0 radical (unpaired) electrons. The molecule has 2 aromatic carbocycles. The maximum atomic E-state index is 3.68. The summed E-state index contributed by atoms with van der Waals surface area (Å²) in [5.41, 5.74) is 9.61. The Morgan fingerprint density at radius 2 is 1.60 bits per heavy atom. The molecule has 0 aliphatic heterocycles. The van der Waals surface area contributed by atoms with Crippen molar-refractivity contribution >= 4 is 9.38 Å². The number of hydrogen-bond donors (Lipinski definition) is 0. The van der Waals surface area contributed by atoms with E-state index in [2.05, 4.69) is 116 Å². The molecule has 3 heteroatoms. The zero-order valence-electron chi connectivity index (χ0n) is 18.8. The molecule has 0 N–H and O–H groups in total. The Kier molecular flexibility index (Phi) is 10.5. The van der Waals surface area contributed by atoms with E-state index in [0.717, 1.165) is 18.3 Å². The number of rotatable bonds is 3. The molecule has 0 saturated carbocycles. The predicted octanol–water partition coefficient (Wildman–Crippen LogP) is 1.06. The zero-order valence-corrected chi connectivity index (χ0v) is 21.9. The van der Waals surface area contributed by atoms with Crippen molar-refractivity contribution in [3.05, 3.63) is 76.9 Å². The van der Waals surface area contributed by atoms with Crippen molar-refractivity contribution < 1.29 is 44.8 Å². The Morgan fingerprint density at radius 3 is 2.13 bits per heavy atom. The molecule has 0 fully saturated rings. The molecular formula is C27H31Cl2Ti-. The fraction of sp³-hybridized carbons (Fsp3) is 0.370. The van der Waals surface area contributed by atoms with Gasteiger partial charge >= 0.3 is 63.3 Å². The minimum Gasteiger partial charge on any atom is -1.00 e. The fourth-order valence-corrected chi connectivity index (χ4v) is 4.17. The van der Waals surface area contributed by atoms with Crippen LogP contribution in [0.25, 0.3) is 16.7 Å². The molecule has 158 valence electrons. The standard InChI is InChI=1S/C20H17.C7H14.2ClH.Ti/c1-13-7-8-14(2)20(13)16-9-10-19-17(12-16)11-15-5-3-4-6-18(15)19;1-6(2)5-7(3)4;;;/h3-10,13H,11H2,1-2H3;6-7H,1-4H3;2*1H;/q-1;;;;+2/p-2. The van der Waals surface area contributed by atoms with Crippen molar-refractivity contribution in [1.82, 2.24) is 0 Å². The first-order valence-electron chi connectivity index (χ1n) is 10.4. The van der Waals surface area contributed by atoms with Gasteiger partial charge in [0.25, 0.3) is 0 Å². The van der Waals surface area contributed by atoms with Crippen molar-refractivity contribution in [3.8, 4) is 11.1 Å². The smallest absolute Gasteiger partial charge is 0.0195 e. The van der Waals surface area contributed by atoms with Crippen LogP contribution in [0.2, 0.25) is 0 Å². The second kappa shape index (κ2) is 11.6. The van der Waals surface area contributed by atoms with Crippen LogP contribution in [0.4, 0.5) is 0 Å². The van der Waals surface area contributed by atoms with Crippen LogP contribution in [0.5, 0.6) is 0 Å². The SMILES string of the molecule is CC(C)[C](=[Ti+2])C(C)C.CC1=C(c2[c-]c3c(cc2)-c2ccccc2C3)C(C)C=C1.[Cl-].[Cl-]. The summed E-state index contributed by atoms with van der Waals surface area (Å²) < 4.78 is 1.60. The first-order valence-corrected chi connectivity index (χ1v) is 11.2. The summed E-state index contributed by atoms with van der Waals surface area (Å²) in [7, 11) is 0. The van der Waals surface area contributed by atoms with Gasteiger partial charge in [-0.3, -0.25) is 0 Å². The van der Waals surface area contributed by atoms with Gasteiger partial charge < -0.3 is 24.8 Å². The number of hydrogen-bond acceptors (Lipinski definition) is 0. The Bertz CT molecular complexity index is 941. The van der Waals surface area contributed by atoms with Gasteiger partial charge in [0.2, 0.25) is 0 Å². The van der Waals surface area contributed by atoms with Gasteiger partial charge in [-0.2, -0.15) is 0 Å². The molecule has 4 rings (SSSR count). The van der Waals surface area contributed by atoms with E-state index in [1.54, 1.807) is 3.81 Å². The summed E-state index contributed by atoms with van der Waals surface area (Å²) in [6.07, 6.45) is 5.53. The van der Waals surface area contributed by atoms with Crippen LogP contribution in [0.15, 0.2) is 54.1 Å². The van der Waals surface area contributed by atoms with E-state index >= 15 is 0 Å². The van der Waals surface area contributed by atoms with Crippen LogP contribution in [-0.2, 0) is 26.4 Å². The van der Waals surface area contributed by atoms with Gasteiger partial charge in [-0.25, -0.2) is 0 Å². The third kappa shape index (κ3) is 5.86. The number of benzene rings is 2. The van der Waals surface area contributed by atoms with Crippen molar-refractivity contribution in [1.29, 1.82) is 0 Å². The number of halogens is 2. The molecule has 1 unspecified atom stereocenters. The fourth-order valence-electron chi connectivity index (χ4n) is 4.17. The molecule has 0 amide bonds. The van der Waals surface area contributed by atoms with Crippen molar-refractivity contribution in [3.63, 3.8) is 0 Å². The average molecular weight is 474 g/mol. The third-order valence-corrected chi connectivity index (χ3v) is 7.55. The Balaban J connectivity index is 0.000000393. The van der Waals surface area contributed by atoms with Gasteiger partial charge in [0.15, 0.2) is 0 Å². The van der Waals surface area contributed by atoms with Crippen molar-refractivity contribution in [2.75, 3.05) is 0 Å². The first-order chi connectivity index (χ1) is 13.3. The second-order valence-corrected chi connectivity index (χ2v) is 9.51. The molecule has 0 bridgehead atoms. The van der Waals surface area contributed by atoms with E-state index in [0.29, 0.717) is 5.92 Å². The van der Waals surface area contributed by atoms with Gasteiger partial charge in [0.05, 0.1) is 0 Å². The summed E-state index contributed by atoms with van der Waals surface area (Å²) in [5, 5.41) is 0. The maximum absolute atomic E-state index is 3.68. The molecule has 2 aliphatic rings. The summed E-state index contributed by atoms with van der Waals surface area (Å²) in [6, 6.07) is 16.9. The topological polar surface area (TPSA) is 0 Å². The minimum atomic E-state index is 0. The molecule has 2 aromatic rings. The molecular weight excluding hydrogens is 443 g/mol. The summed E-state index contributed by atoms with van der Waals surface area (Å²) in [5.74, 6) is 2.03. The minimum absolute atomic E-state index is 0. The molecule has 0 heterocycles. The zero-order chi connectivity index (χ0) is 20.4. The van der Waals surface area contributed by atoms with Gasteiger partial charge in [-0.05, 0) is 24.8 Å².